The number of nitrogens with zero attached hydrogens (tertiary/aromatic N) is 2. The van der Waals surface area contributed by atoms with Crippen molar-refractivity contribution < 1.29 is 4.57 Å². The van der Waals surface area contributed by atoms with E-state index in [2.05, 4.69) is 104 Å². The van der Waals surface area contributed by atoms with E-state index in [4.69, 9.17) is 0 Å². The van der Waals surface area contributed by atoms with Crippen molar-refractivity contribution in [3.63, 3.8) is 0 Å². The van der Waals surface area contributed by atoms with Gasteiger partial charge >= 0.3 is 0 Å². The van der Waals surface area contributed by atoms with E-state index in [0.717, 1.165) is 12.8 Å². The molecule has 0 fully saturated rings. The molecule has 2 heteroatoms. The lowest BCUT2D eigenvalue weighted by Gasteiger charge is -2.32. The van der Waals surface area contributed by atoms with Gasteiger partial charge in [-0.05, 0) is 63.9 Å². The van der Waals surface area contributed by atoms with Crippen LogP contribution in [0.3, 0.4) is 0 Å². The molecule has 0 N–H and O–H groups in total. The van der Waals surface area contributed by atoms with Crippen molar-refractivity contribution in [2.24, 2.45) is 12.5 Å². The van der Waals surface area contributed by atoms with Crippen LogP contribution in [-0.4, -0.2) is 4.57 Å². The molecule has 0 unspecified atom stereocenters. The molecule has 0 atom stereocenters. The van der Waals surface area contributed by atoms with Gasteiger partial charge < -0.3 is 0 Å². The lowest BCUT2D eigenvalue weighted by Crippen LogP contribution is -2.25. The molecule has 2 aliphatic carbocycles. The number of aromatic nitrogens is 2. The summed E-state index contributed by atoms with van der Waals surface area (Å²) in [5.74, 6) is 0. The summed E-state index contributed by atoms with van der Waals surface area (Å²) in [6, 6.07) is 17.9. The molecule has 148 valence electrons. The summed E-state index contributed by atoms with van der Waals surface area (Å²) in [5, 5.41) is 2.80. The molecule has 3 aromatic carbocycles. The van der Waals surface area contributed by atoms with Gasteiger partial charge in [-0.3, -0.25) is 0 Å². The standard InChI is InChI=1S/C28H27N2/c1-28(2,3)21-15-19-10-9-18-12-14-23(22-13-11-20(16-21)26(19)27(18)22)30-17-29(4)24-7-5-6-8-25(24)30/h5-12,14-15,17H,13,16H2,1-4H3/q+1. The molecule has 6 rings (SSSR count). The fourth-order valence-electron chi connectivity index (χ4n) is 5.26. The highest BCUT2D eigenvalue weighted by Gasteiger charge is 2.29. The normalized spacial score (nSPS) is 15.5. The Morgan fingerprint density at radius 1 is 0.967 bits per heavy atom. The van der Waals surface area contributed by atoms with Crippen LogP contribution in [0.2, 0.25) is 0 Å². The molecule has 2 nitrogen and oxygen atoms in total. The number of fused-ring (bicyclic) bond motifs is 1. The number of rotatable bonds is 1. The number of hydrogen-bond donors (Lipinski definition) is 0. The van der Waals surface area contributed by atoms with E-state index in [1.807, 2.05) is 0 Å². The second-order valence-corrected chi connectivity index (χ2v) is 9.81. The Kier molecular flexibility index (Phi) is 3.51. The first-order chi connectivity index (χ1) is 14.4. The van der Waals surface area contributed by atoms with Gasteiger partial charge in [0.25, 0.3) is 0 Å². The Hall–Kier alpha value is -3.13. The van der Waals surface area contributed by atoms with Gasteiger partial charge in [0.2, 0.25) is 6.33 Å². The van der Waals surface area contributed by atoms with Gasteiger partial charge in [0.15, 0.2) is 11.0 Å². The molecule has 0 saturated carbocycles. The lowest BCUT2D eigenvalue weighted by atomic mass is 9.73. The van der Waals surface area contributed by atoms with Gasteiger partial charge in [-0.25, -0.2) is 4.57 Å². The second kappa shape index (κ2) is 5.95. The first-order valence-corrected chi connectivity index (χ1v) is 10.9. The Morgan fingerprint density at radius 2 is 1.77 bits per heavy atom. The van der Waals surface area contributed by atoms with Crippen LogP contribution in [0.5, 0.6) is 0 Å². The summed E-state index contributed by atoms with van der Waals surface area (Å²) in [6.07, 6.45) is 9.20. The van der Waals surface area contributed by atoms with Crippen molar-refractivity contribution in [2.75, 3.05) is 0 Å². The third-order valence-corrected chi connectivity index (χ3v) is 6.92. The predicted molar refractivity (Wildman–Crippen MR) is 126 cm³/mol. The summed E-state index contributed by atoms with van der Waals surface area (Å²) >= 11 is 0. The minimum absolute atomic E-state index is 0.203. The van der Waals surface area contributed by atoms with E-state index in [0.29, 0.717) is 0 Å². The van der Waals surface area contributed by atoms with Crippen LogP contribution in [0, 0.1) is 5.41 Å². The highest BCUT2D eigenvalue weighted by Crippen LogP contribution is 2.47. The molecule has 1 heterocycles. The maximum atomic E-state index is 2.48. The van der Waals surface area contributed by atoms with Crippen LogP contribution in [-0.2, 0) is 13.5 Å². The number of benzene rings is 3. The maximum absolute atomic E-state index is 2.48. The summed E-state index contributed by atoms with van der Waals surface area (Å²) in [6.45, 7) is 6.98. The van der Waals surface area contributed by atoms with E-state index in [-0.39, 0.29) is 5.41 Å². The highest BCUT2D eigenvalue weighted by molar-refractivity contribution is 6.04. The van der Waals surface area contributed by atoms with Gasteiger partial charge in [-0.2, -0.15) is 4.57 Å². The fourth-order valence-corrected chi connectivity index (χ4v) is 5.26. The summed E-state index contributed by atoms with van der Waals surface area (Å²) in [5.41, 5.74) is 11.3. The van der Waals surface area contributed by atoms with Gasteiger partial charge in [-0.15, -0.1) is 0 Å². The first-order valence-electron chi connectivity index (χ1n) is 10.9. The van der Waals surface area contributed by atoms with Gasteiger partial charge in [-0.1, -0.05) is 68.8 Å². The quantitative estimate of drug-likeness (QED) is 0.333. The number of imidazole rings is 1. The molecular weight excluding hydrogens is 364 g/mol. The zero-order valence-corrected chi connectivity index (χ0v) is 18.2. The number of aryl methyl sites for hydroxylation is 1. The Balaban J connectivity index is 1.66. The molecule has 0 saturated heterocycles. The minimum Gasteiger partial charge on any atom is -0.232 e. The third kappa shape index (κ3) is 2.40. The zero-order chi connectivity index (χ0) is 20.6. The average Bonchev–Trinajstić information content (AvgIpc) is 3.07. The van der Waals surface area contributed by atoms with E-state index in [1.165, 1.54) is 55.3 Å². The van der Waals surface area contributed by atoms with E-state index >= 15 is 0 Å². The number of hydrogen-bond acceptors (Lipinski definition) is 0. The van der Waals surface area contributed by atoms with Crippen molar-refractivity contribution in [1.82, 2.24) is 4.57 Å². The first kappa shape index (κ1) is 17.7. The highest BCUT2D eigenvalue weighted by atomic mass is 15.1. The van der Waals surface area contributed by atoms with Crippen LogP contribution in [0.25, 0.3) is 39.1 Å². The third-order valence-electron chi connectivity index (χ3n) is 6.92. The predicted octanol–water partition coefficient (Wildman–Crippen LogP) is 6.38. The molecule has 0 bridgehead atoms. The second-order valence-electron chi connectivity index (χ2n) is 9.81. The number of para-hydroxylation sites is 2. The summed E-state index contributed by atoms with van der Waals surface area (Å²) in [4.78, 5) is 0. The van der Waals surface area contributed by atoms with Crippen molar-refractivity contribution in [3.8, 4) is 5.69 Å². The van der Waals surface area contributed by atoms with Gasteiger partial charge in [0.1, 0.15) is 5.69 Å². The molecule has 0 spiro atoms. The summed E-state index contributed by atoms with van der Waals surface area (Å²) < 4.78 is 4.58. The molecule has 0 aliphatic heterocycles. The smallest absolute Gasteiger partial charge is 0.232 e. The maximum Gasteiger partial charge on any atom is 0.249 e. The van der Waals surface area contributed by atoms with Crippen molar-refractivity contribution in [2.45, 2.75) is 33.6 Å². The molecule has 0 radical (unpaired) electrons. The molecule has 30 heavy (non-hydrogen) atoms. The van der Waals surface area contributed by atoms with Gasteiger partial charge in [0, 0.05) is 5.56 Å². The summed E-state index contributed by atoms with van der Waals surface area (Å²) in [7, 11) is 2.13. The van der Waals surface area contributed by atoms with E-state index in [9.17, 15) is 0 Å². The van der Waals surface area contributed by atoms with Crippen molar-refractivity contribution in [1.29, 1.82) is 0 Å². The molecule has 4 aromatic rings. The minimum atomic E-state index is 0.203. The monoisotopic (exact) mass is 391 g/mol. The lowest BCUT2D eigenvalue weighted by molar-refractivity contribution is -0.645. The fraction of sp³-hybridized carbons (Fsp3) is 0.250. The zero-order valence-electron chi connectivity index (χ0n) is 18.2. The average molecular weight is 392 g/mol. The van der Waals surface area contributed by atoms with Crippen LogP contribution in [0.1, 0.15) is 43.9 Å². The Morgan fingerprint density at radius 3 is 2.60 bits per heavy atom. The number of allylic oxidation sites excluding steroid dienone is 3. The van der Waals surface area contributed by atoms with E-state index in [1.54, 1.807) is 0 Å². The molecule has 2 aliphatic rings. The SMILES string of the molecule is C[n+]1cn(-c2ccc3ccc4c5c3c2CC=C5CC(C(C)(C)C)=C4)c2ccccc21. The Bertz CT molecular complexity index is 1420. The van der Waals surface area contributed by atoms with Gasteiger partial charge in [0.05, 0.1) is 7.05 Å². The van der Waals surface area contributed by atoms with E-state index < -0.39 is 0 Å². The van der Waals surface area contributed by atoms with Crippen molar-refractivity contribution in [3.05, 3.63) is 83.2 Å². The molecular formula is C28H27N2+. The van der Waals surface area contributed by atoms with Crippen molar-refractivity contribution >= 4 is 33.5 Å². The molecule has 0 amide bonds. The van der Waals surface area contributed by atoms with Crippen LogP contribution >= 0.6 is 0 Å². The largest absolute Gasteiger partial charge is 0.249 e. The van der Waals surface area contributed by atoms with Crippen LogP contribution < -0.4 is 4.57 Å². The molecule has 1 aromatic heterocycles. The Labute approximate surface area is 177 Å². The van der Waals surface area contributed by atoms with Crippen LogP contribution in [0.15, 0.2) is 66.5 Å². The van der Waals surface area contributed by atoms with Crippen LogP contribution in [0.4, 0.5) is 0 Å². The topological polar surface area (TPSA) is 8.81 Å².